The van der Waals surface area contributed by atoms with Gasteiger partial charge >= 0.3 is 0 Å². The number of nitrogens with one attached hydrogen (secondary N) is 1. The molecule has 9 nitrogen and oxygen atoms in total. The van der Waals surface area contributed by atoms with E-state index in [4.69, 9.17) is 9.47 Å². The molecule has 304 valence electrons. The fraction of sp³-hybridized carbons (Fsp3) is 0.500. The van der Waals surface area contributed by atoms with Gasteiger partial charge < -0.3 is 40.3 Å². The third kappa shape index (κ3) is 26.5. The largest absolute Gasteiger partial charge is 0.390 e. The molecule has 0 saturated carbocycles. The smallest absolute Gasteiger partial charge is 0.297 e. The van der Waals surface area contributed by atoms with Crippen molar-refractivity contribution in [2.75, 3.05) is 6.61 Å². The van der Waals surface area contributed by atoms with E-state index in [-0.39, 0.29) is 0 Å². The Labute approximate surface area is 352 Å². The summed E-state index contributed by atoms with van der Waals surface area (Å²) < 4.78 is 11.1. The molecule has 8 atom stereocenters. The number of carbonyl (C=O) groups is 1. The molecule has 0 radical (unpaired) electrons. The maximum Gasteiger partial charge on any atom is 0.297 e. The zero-order valence-electron chi connectivity index (χ0n) is 34.0. The van der Waals surface area contributed by atoms with Crippen LogP contribution < -0.4 is 5.32 Å². The minimum Gasteiger partial charge on any atom is -0.390 e. The molecule has 1 aliphatic heterocycles. The van der Waals surface area contributed by atoms with Gasteiger partial charge in [0, 0.05) is 41.4 Å². The van der Waals surface area contributed by atoms with Gasteiger partial charge in [0.25, 0.3) is 5.91 Å². The second-order valence-corrected chi connectivity index (χ2v) is 13.0. The highest BCUT2D eigenvalue weighted by atomic mass is 16.7. The van der Waals surface area contributed by atoms with Crippen LogP contribution in [0.2, 0.25) is 0 Å². The van der Waals surface area contributed by atoms with Crippen molar-refractivity contribution in [3.63, 3.8) is 0 Å². The van der Waals surface area contributed by atoms with Gasteiger partial charge in [-0.15, -0.1) is 0 Å². The van der Waals surface area contributed by atoms with Crippen LogP contribution in [-0.2, 0) is 14.3 Å². The lowest BCUT2D eigenvalue weighted by Gasteiger charge is -2.39. The van der Waals surface area contributed by atoms with Crippen molar-refractivity contribution in [3.8, 4) is 142 Å². The molecule has 1 fully saturated rings. The standard InChI is InChI=1S/C50H51NO8/c1-4-6-8-10-12-14-16-18-19-20-21-22-23-24-25-26-27-28-30-32-34-36-38-40-45(53)51-43(41-58-50-49(57)48(56)46(54)42(3)59-50)47(55)44(52)39-37-35-33-31-29-17-15-13-11-9-7-5-2/h42-44,46-50,52,54-57H,5,7,9,11,13,15,17,29,31,33,35,37,39,41H2,1-3H3,(H,51,53)/t42-,43-,44+,46+,47-,48?,49?,50-/m0/s1. The Bertz CT molecular complexity index is 2120. The maximum atomic E-state index is 12.7. The Balaban J connectivity index is 2.70. The Morgan fingerprint density at radius 3 is 1.39 bits per heavy atom. The number of carbonyl (C=O) groups excluding carboxylic acids is 1. The number of rotatable bonds is 19. The van der Waals surface area contributed by atoms with Gasteiger partial charge in [0.05, 0.1) is 24.9 Å². The van der Waals surface area contributed by atoms with E-state index in [2.05, 4.69) is 154 Å². The molecule has 0 aromatic heterocycles. The second kappa shape index (κ2) is 35.1. The van der Waals surface area contributed by atoms with Gasteiger partial charge in [-0.1, -0.05) is 89.9 Å². The van der Waals surface area contributed by atoms with Crippen molar-refractivity contribution in [1.29, 1.82) is 0 Å². The first-order valence-electron chi connectivity index (χ1n) is 19.6. The summed E-state index contributed by atoms with van der Waals surface area (Å²) in [4.78, 5) is 12.7. The summed E-state index contributed by atoms with van der Waals surface area (Å²) in [5, 5.41) is 54.8. The third-order valence-corrected chi connectivity index (χ3v) is 8.34. The summed E-state index contributed by atoms with van der Waals surface area (Å²) in [6, 6.07) is -1.17. The number of ether oxygens (including phenoxy) is 2. The van der Waals surface area contributed by atoms with Gasteiger partial charge in [0.1, 0.15) is 24.4 Å². The molecule has 9 heteroatoms. The molecule has 0 spiro atoms. The van der Waals surface area contributed by atoms with Crippen LogP contribution in [-0.4, -0.2) is 87.0 Å². The topological polar surface area (TPSA) is 149 Å². The highest BCUT2D eigenvalue weighted by Crippen LogP contribution is 2.22. The quantitative estimate of drug-likeness (QED) is 0.0863. The minimum absolute atomic E-state index is 0.291. The molecule has 1 amide bonds. The summed E-state index contributed by atoms with van der Waals surface area (Å²) in [5.74, 6) is 58.6. The van der Waals surface area contributed by atoms with Crippen LogP contribution in [0, 0.1) is 142 Å². The number of aliphatic hydroxyl groups excluding tert-OH is 5. The van der Waals surface area contributed by atoms with Crippen LogP contribution in [0.1, 0.15) is 104 Å². The average molecular weight is 794 g/mol. The molecule has 1 rings (SSSR count). The van der Waals surface area contributed by atoms with E-state index >= 15 is 0 Å². The second-order valence-electron chi connectivity index (χ2n) is 13.0. The van der Waals surface area contributed by atoms with Crippen LogP contribution in [0.15, 0.2) is 0 Å². The number of unbranched alkanes of at least 4 members (excludes halogenated alkanes) is 11. The van der Waals surface area contributed by atoms with Crippen LogP contribution in [0.5, 0.6) is 0 Å². The highest BCUT2D eigenvalue weighted by molar-refractivity contribution is 5.94. The lowest BCUT2D eigenvalue weighted by Crippen LogP contribution is -2.58. The first-order valence-corrected chi connectivity index (χ1v) is 19.6. The Kier molecular flexibility index (Phi) is 30.3. The van der Waals surface area contributed by atoms with E-state index in [1.165, 1.54) is 58.3 Å². The number of aliphatic hydroxyl groups is 5. The summed E-state index contributed by atoms with van der Waals surface area (Å²) in [6.45, 7) is 4.99. The minimum atomic E-state index is -1.59. The Morgan fingerprint density at radius 1 is 0.576 bits per heavy atom. The molecule has 1 heterocycles. The normalized spacial score (nSPS) is 17.9. The molecule has 1 aliphatic rings. The first-order chi connectivity index (χ1) is 28.7. The Hall–Kier alpha value is -6.09. The lowest BCUT2D eigenvalue weighted by molar-refractivity contribution is -0.295. The molecule has 1 saturated heterocycles. The SMILES string of the molecule is CC#CC#CC#CC#CC#CC#CC#CC#CC#CC#CC#CC#CC(=O)N[C@@H](CO[C@H]1O[C@@H](C)[C@@H](O)C(O)C1O)[C@H](O)[C@H](O)CCCCCCCCCCCCCC. The van der Waals surface area contributed by atoms with E-state index in [9.17, 15) is 30.3 Å². The van der Waals surface area contributed by atoms with Crippen molar-refractivity contribution >= 4 is 5.91 Å². The summed E-state index contributed by atoms with van der Waals surface area (Å²) in [6.07, 6.45) is 4.82. The van der Waals surface area contributed by atoms with Crippen molar-refractivity contribution in [2.45, 2.75) is 153 Å². The first kappa shape index (κ1) is 50.9. The van der Waals surface area contributed by atoms with Gasteiger partial charge in [-0.05, 0) is 115 Å². The average Bonchev–Trinajstić information content (AvgIpc) is 3.23. The molecule has 59 heavy (non-hydrogen) atoms. The van der Waals surface area contributed by atoms with E-state index in [1.807, 2.05) is 0 Å². The molecular weight excluding hydrogens is 743 g/mol. The van der Waals surface area contributed by atoms with Crippen LogP contribution in [0.4, 0.5) is 0 Å². The molecule has 0 aliphatic carbocycles. The third-order valence-electron chi connectivity index (χ3n) is 8.34. The molecule has 0 aromatic rings. The van der Waals surface area contributed by atoms with E-state index in [0.29, 0.717) is 12.8 Å². The fourth-order valence-corrected chi connectivity index (χ4v) is 5.19. The zero-order chi connectivity index (χ0) is 43.2. The summed E-state index contributed by atoms with van der Waals surface area (Å²) in [5.41, 5.74) is 0. The molecule has 2 unspecified atom stereocenters. The van der Waals surface area contributed by atoms with Crippen molar-refractivity contribution in [1.82, 2.24) is 5.32 Å². The van der Waals surface area contributed by atoms with Crippen LogP contribution in [0.3, 0.4) is 0 Å². The van der Waals surface area contributed by atoms with Crippen molar-refractivity contribution in [3.05, 3.63) is 0 Å². The van der Waals surface area contributed by atoms with E-state index in [1.54, 1.807) is 6.92 Å². The zero-order valence-corrected chi connectivity index (χ0v) is 34.0. The maximum absolute atomic E-state index is 12.7. The molecule has 0 bridgehead atoms. The molecule has 6 N–H and O–H groups in total. The fourth-order valence-electron chi connectivity index (χ4n) is 5.19. The lowest BCUT2D eigenvalue weighted by atomic mass is 9.98. The van der Waals surface area contributed by atoms with Gasteiger partial charge in [0.2, 0.25) is 0 Å². The predicted octanol–water partition coefficient (Wildman–Crippen LogP) is 2.19. The molecular formula is C50H51NO8. The number of hydrogen-bond acceptors (Lipinski definition) is 8. The van der Waals surface area contributed by atoms with Crippen LogP contribution in [0.25, 0.3) is 0 Å². The van der Waals surface area contributed by atoms with Crippen molar-refractivity contribution in [2.24, 2.45) is 0 Å². The number of hydrogen-bond donors (Lipinski definition) is 6. The van der Waals surface area contributed by atoms with Gasteiger partial charge in [-0.3, -0.25) is 4.79 Å². The molecule has 0 aromatic carbocycles. The highest BCUT2D eigenvalue weighted by Gasteiger charge is 2.43. The number of amides is 1. The summed E-state index contributed by atoms with van der Waals surface area (Å²) >= 11 is 0. The van der Waals surface area contributed by atoms with Gasteiger partial charge in [-0.2, -0.15) is 0 Å². The Morgan fingerprint density at radius 2 is 0.966 bits per heavy atom. The monoisotopic (exact) mass is 793 g/mol. The predicted molar refractivity (Wildman–Crippen MR) is 227 cm³/mol. The van der Waals surface area contributed by atoms with Gasteiger partial charge in [0.15, 0.2) is 6.29 Å². The van der Waals surface area contributed by atoms with Gasteiger partial charge in [-0.25, -0.2) is 0 Å². The summed E-state index contributed by atoms with van der Waals surface area (Å²) in [7, 11) is 0. The van der Waals surface area contributed by atoms with Crippen molar-refractivity contribution < 1.29 is 39.8 Å². The van der Waals surface area contributed by atoms with Crippen LogP contribution >= 0.6 is 0 Å². The van der Waals surface area contributed by atoms with E-state index in [0.717, 1.165) is 19.3 Å². The van der Waals surface area contributed by atoms with E-state index < -0.39 is 61.5 Å².